The fourth-order valence-corrected chi connectivity index (χ4v) is 6.36. The number of nitrogens with one attached hydrogen (secondary N) is 1. The van der Waals surface area contributed by atoms with Crippen molar-refractivity contribution >= 4 is 13.9 Å². The molecule has 4 nitrogen and oxygen atoms in total. The largest absolute Gasteiger partial charge is 0.478 e. The number of carbonyl (C=O) groups is 1. The van der Waals surface area contributed by atoms with Crippen LogP contribution in [0, 0.1) is 0 Å². The third-order valence-corrected chi connectivity index (χ3v) is 7.62. The first-order valence-corrected chi connectivity index (χ1v) is 10.5. The predicted octanol–water partition coefficient (Wildman–Crippen LogP) is 4.75. The maximum atomic E-state index is 11.6. The number of carboxylic acid groups (broad SMARTS) is 1. The van der Waals surface area contributed by atoms with Crippen LogP contribution < -0.4 is 5.32 Å². The van der Waals surface area contributed by atoms with Crippen LogP contribution in [0.2, 0.25) is 0 Å². The second-order valence-electron chi connectivity index (χ2n) is 8.46. The molecule has 0 radical (unpaired) electrons. The molecule has 0 fully saturated rings. The zero-order valence-corrected chi connectivity index (χ0v) is 18.0. The van der Waals surface area contributed by atoms with E-state index in [0.29, 0.717) is 5.57 Å². The second kappa shape index (κ2) is 8.51. The fraction of sp³-hybridized carbons (Fsp3) is 0.650. The van der Waals surface area contributed by atoms with Gasteiger partial charge in [-0.15, -0.1) is 0 Å². The zero-order valence-electron chi connectivity index (χ0n) is 17.1. The molecule has 0 aromatic rings. The van der Waals surface area contributed by atoms with Crippen molar-refractivity contribution in [3.8, 4) is 0 Å². The van der Waals surface area contributed by atoms with Gasteiger partial charge in [-0.3, -0.25) is 4.90 Å². The minimum atomic E-state index is -0.875. The first-order valence-electron chi connectivity index (χ1n) is 9.04. The molecule has 0 unspecified atom stereocenters. The van der Waals surface area contributed by atoms with Crippen LogP contribution in [0.1, 0.15) is 55.4 Å². The minimum Gasteiger partial charge on any atom is -0.478 e. The van der Waals surface area contributed by atoms with Gasteiger partial charge in [-0.1, -0.05) is 63.3 Å². The van der Waals surface area contributed by atoms with Crippen molar-refractivity contribution in [1.82, 2.24) is 10.2 Å². The molecule has 0 saturated heterocycles. The third kappa shape index (κ3) is 6.60. The van der Waals surface area contributed by atoms with E-state index in [1.54, 1.807) is 12.2 Å². The Morgan fingerprint density at radius 2 is 1.64 bits per heavy atom. The van der Waals surface area contributed by atoms with Crippen LogP contribution >= 0.6 is 7.92 Å². The zero-order chi connectivity index (χ0) is 19.4. The van der Waals surface area contributed by atoms with Crippen molar-refractivity contribution in [2.75, 3.05) is 19.6 Å². The fourth-order valence-electron chi connectivity index (χ4n) is 3.15. The standard InChI is InChI=1S/C20H35N2O2P/c1-9-22(10-2)13-16-11-15(18(23)24)12-17(21-16)14-25(19(3,4)5)20(6,7)8/h11-12,14,21H,9-10,13H2,1-8H3,(H,23,24)/b17-14+. The summed E-state index contributed by atoms with van der Waals surface area (Å²) in [5.74, 6) is 1.40. The monoisotopic (exact) mass is 366 g/mol. The van der Waals surface area contributed by atoms with Gasteiger partial charge in [-0.05, 0) is 41.4 Å². The van der Waals surface area contributed by atoms with E-state index in [1.165, 1.54) is 0 Å². The molecule has 0 bridgehead atoms. The molecule has 0 saturated carbocycles. The molecule has 25 heavy (non-hydrogen) atoms. The summed E-state index contributed by atoms with van der Waals surface area (Å²) in [5, 5.41) is 13.3. The number of likely N-dealkylation sites (N-methyl/N-ethyl adjacent to an activating group) is 1. The van der Waals surface area contributed by atoms with E-state index >= 15 is 0 Å². The number of allylic oxidation sites excluding steroid dienone is 1. The molecule has 142 valence electrons. The van der Waals surface area contributed by atoms with Crippen LogP contribution in [-0.4, -0.2) is 45.9 Å². The molecule has 1 aliphatic rings. The SMILES string of the molecule is CCN(CC)CC1=CC(C(=O)O)=C/C(=C\P(C(C)(C)C)C(C)(C)C)N1. The highest BCUT2D eigenvalue weighted by atomic mass is 31.1. The second-order valence-corrected chi connectivity index (χ2v) is 12.1. The Bertz CT molecular complexity index is 559. The van der Waals surface area contributed by atoms with Crippen molar-refractivity contribution in [2.24, 2.45) is 0 Å². The molecule has 0 spiro atoms. The number of hydrogen-bond donors (Lipinski definition) is 2. The van der Waals surface area contributed by atoms with E-state index in [1.807, 2.05) is 0 Å². The third-order valence-electron chi connectivity index (χ3n) is 4.19. The van der Waals surface area contributed by atoms with Crippen molar-refractivity contribution in [2.45, 2.75) is 65.7 Å². The van der Waals surface area contributed by atoms with E-state index in [2.05, 4.69) is 71.4 Å². The summed E-state index contributed by atoms with van der Waals surface area (Å²) in [6.45, 7) is 20.4. The van der Waals surface area contributed by atoms with Crippen molar-refractivity contribution in [1.29, 1.82) is 0 Å². The predicted molar refractivity (Wildman–Crippen MR) is 109 cm³/mol. The Morgan fingerprint density at radius 1 is 1.12 bits per heavy atom. The highest BCUT2D eigenvalue weighted by molar-refractivity contribution is 7.64. The van der Waals surface area contributed by atoms with E-state index in [0.717, 1.165) is 31.0 Å². The number of hydrogen-bond acceptors (Lipinski definition) is 3. The van der Waals surface area contributed by atoms with Gasteiger partial charge >= 0.3 is 5.97 Å². The minimum absolute atomic E-state index is 0.152. The summed E-state index contributed by atoms with van der Waals surface area (Å²) >= 11 is 0. The van der Waals surface area contributed by atoms with Gasteiger partial charge in [0.1, 0.15) is 0 Å². The summed E-state index contributed by atoms with van der Waals surface area (Å²) in [5.41, 5.74) is 2.22. The first-order chi connectivity index (χ1) is 11.4. The molecule has 0 atom stereocenters. The lowest BCUT2D eigenvalue weighted by atomic mass is 10.1. The summed E-state index contributed by atoms with van der Waals surface area (Å²) in [4.78, 5) is 13.8. The molecule has 1 heterocycles. The molecule has 1 aliphatic heterocycles. The van der Waals surface area contributed by atoms with Crippen LogP contribution in [0.4, 0.5) is 0 Å². The lowest BCUT2D eigenvalue weighted by Crippen LogP contribution is -2.32. The van der Waals surface area contributed by atoms with Crippen molar-refractivity contribution in [3.05, 3.63) is 34.9 Å². The molecule has 0 aromatic carbocycles. The Labute approximate surface area is 154 Å². The van der Waals surface area contributed by atoms with Gasteiger partial charge in [0.05, 0.1) is 5.57 Å². The van der Waals surface area contributed by atoms with Gasteiger partial charge in [0.2, 0.25) is 0 Å². The first kappa shape index (κ1) is 21.9. The Balaban J connectivity index is 3.23. The summed E-state index contributed by atoms with van der Waals surface area (Å²) < 4.78 is 0. The maximum absolute atomic E-state index is 11.6. The van der Waals surface area contributed by atoms with E-state index in [4.69, 9.17) is 0 Å². The van der Waals surface area contributed by atoms with E-state index < -0.39 is 13.9 Å². The Morgan fingerprint density at radius 3 is 2.04 bits per heavy atom. The molecule has 0 aromatic heterocycles. The van der Waals surface area contributed by atoms with Crippen LogP contribution in [0.15, 0.2) is 34.9 Å². The van der Waals surface area contributed by atoms with Crippen molar-refractivity contribution < 1.29 is 9.90 Å². The normalized spacial score (nSPS) is 17.6. The highest BCUT2D eigenvalue weighted by Gasteiger charge is 2.33. The van der Waals surface area contributed by atoms with E-state index in [-0.39, 0.29) is 10.3 Å². The average Bonchev–Trinajstić information content (AvgIpc) is 2.47. The molecule has 2 N–H and O–H groups in total. The smallest absolute Gasteiger partial charge is 0.335 e. The van der Waals surface area contributed by atoms with E-state index in [9.17, 15) is 9.90 Å². The quantitative estimate of drug-likeness (QED) is 0.666. The molecule has 0 aliphatic carbocycles. The molecular weight excluding hydrogens is 331 g/mol. The van der Waals surface area contributed by atoms with Gasteiger partial charge in [0.25, 0.3) is 0 Å². The van der Waals surface area contributed by atoms with Gasteiger partial charge in [0.15, 0.2) is 0 Å². The van der Waals surface area contributed by atoms with Gasteiger partial charge in [-0.25, -0.2) is 4.79 Å². The lowest BCUT2D eigenvalue weighted by molar-refractivity contribution is -0.132. The van der Waals surface area contributed by atoms with Crippen LogP contribution in [-0.2, 0) is 4.79 Å². The number of aliphatic carboxylic acids is 1. The lowest BCUT2D eigenvalue weighted by Gasteiger charge is -2.40. The summed E-state index contributed by atoms with van der Waals surface area (Å²) in [6, 6.07) is 0. The number of nitrogens with zero attached hydrogens (tertiary/aromatic N) is 1. The topological polar surface area (TPSA) is 52.6 Å². The van der Waals surface area contributed by atoms with Gasteiger partial charge in [-0.2, -0.15) is 0 Å². The molecule has 5 heteroatoms. The molecular formula is C20H35N2O2P. The molecule has 0 amide bonds. The Hall–Kier alpha value is -1.12. The summed E-state index contributed by atoms with van der Waals surface area (Å²) in [6.07, 6.45) is 3.52. The number of rotatable bonds is 6. The summed E-state index contributed by atoms with van der Waals surface area (Å²) in [7, 11) is -0.453. The van der Waals surface area contributed by atoms with Crippen molar-refractivity contribution in [3.63, 3.8) is 0 Å². The average molecular weight is 366 g/mol. The van der Waals surface area contributed by atoms with Gasteiger partial charge in [0, 0.05) is 17.9 Å². The van der Waals surface area contributed by atoms with Gasteiger partial charge < -0.3 is 10.4 Å². The van der Waals surface area contributed by atoms with Crippen LogP contribution in [0.25, 0.3) is 0 Å². The van der Waals surface area contributed by atoms with Crippen LogP contribution in [0.3, 0.4) is 0 Å². The number of carboxylic acids is 1. The molecule has 1 rings (SSSR count). The Kier molecular flexibility index (Phi) is 7.46. The number of dihydropyridines is 1. The highest BCUT2D eigenvalue weighted by Crippen LogP contribution is 2.60. The maximum Gasteiger partial charge on any atom is 0.335 e. The van der Waals surface area contributed by atoms with Crippen LogP contribution in [0.5, 0.6) is 0 Å².